The molecule has 0 saturated carbocycles. The van der Waals surface area contributed by atoms with Crippen LogP contribution in [0.4, 0.5) is 17.6 Å². The van der Waals surface area contributed by atoms with Crippen molar-refractivity contribution in [3.8, 4) is 16.9 Å². The second-order valence-electron chi connectivity index (χ2n) is 6.14. The predicted octanol–water partition coefficient (Wildman–Crippen LogP) is 3.45. The van der Waals surface area contributed by atoms with Crippen molar-refractivity contribution in [3.63, 3.8) is 0 Å². The van der Waals surface area contributed by atoms with E-state index in [1.54, 1.807) is 12.1 Å². The molecule has 2 N–H and O–H groups in total. The fraction of sp³-hybridized carbons (Fsp3) is 0.150. The Morgan fingerprint density at radius 3 is 2.63 bits per heavy atom. The van der Waals surface area contributed by atoms with Crippen LogP contribution in [0.1, 0.15) is 16.1 Å². The third-order valence-electron chi connectivity index (χ3n) is 4.05. The van der Waals surface area contributed by atoms with Crippen LogP contribution in [0.25, 0.3) is 11.1 Å². The molecule has 3 rings (SSSR count). The smallest absolute Gasteiger partial charge is 0.403 e. The lowest BCUT2D eigenvalue weighted by Crippen LogP contribution is -2.26. The van der Waals surface area contributed by atoms with Crippen molar-refractivity contribution in [2.75, 3.05) is 6.54 Å². The predicted molar refractivity (Wildman–Crippen MR) is 99.4 cm³/mol. The number of carbonyl (C=O) groups excluding carboxylic acids is 1. The Balaban J connectivity index is 1.71. The summed E-state index contributed by atoms with van der Waals surface area (Å²) in [6.07, 6.45) is -1.91. The van der Waals surface area contributed by atoms with Crippen molar-refractivity contribution in [1.29, 1.82) is 0 Å². The Bertz CT molecular complexity index is 1090. The number of benzene rings is 1. The van der Waals surface area contributed by atoms with Crippen LogP contribution < -0.4 is 15.6 Å². The van der Waals surface area contributed by atoms with E-state index in [0.717, 1.165) is 12.1 Å². The molecule has 0 spiro atoms. The molecule has 0 saturated heterocycles. The summed E-state index contributed by atoms with van der Waals surface area (Å²) >= 11 is 0. The van der Waals surface area contributed by atoms with Gasteiger partial charge in [-0.3, -0.25) is 14.6 Å². The second kappa shape index (κ2) is 8.76. The van der Waals surface area contributed by atoms with Crippen LogP contribution in [0.5, 0.6) is 5.75 Å². The normalized spacial score (nSPS) is 11.2. The number of aromatic nitrogens is 2. The van der Waals surface area contributed by atoms with Crippen molar-refractivity contribution in [2.45, 2.75) is 12.8 Å². The molecule has 0 aliphatic heterocycles. The van der Waals surface area contributed by atoms with E-state index in [1.807, 2.05) is 0 Å². The maximum atomic E-state index is 14.0. The van der Waals surface area contributed by atoms with Crippen molar-refractivity contribution in [2.24, 2.45) is 0 Å². The van der Waals surface area contributed by atoms with E-state index in [0.29, 0.717) is 16.8 Å². The number of alkyl halides is 3. The van der Waals surface area contributed by atoms with E-state index in [4.69, 9.17) is 0 Å². The lowest BCUT2D eigenvalue weighted by Gasteiger charge is -2.12. The highest BCUT2D eigenvalue weighted by molar-refractivity contribution is 5.93. The summed E-state index contributed by atoms with van der Waals surface area (Å²) in [4.78, 5) is 29.7. The van der Waals surface area contributed by atoms with Gasteiger partial charge in [-0.2, -0.15) is 0 Å². The summed E-state index contributed by atoms with van der Waals surface area (Å²) in [6.45, 7) is 0.194. The molecule has 0 atom stereocenters. The van der Waals surface area contributed by atoms with Crippen LogP contribution in [0.3, 0.4) is 0 Å². The average molecular weight is 421 g/mol. The lowest BCUT2D eigenvalue weighted by molar-refractivity contribution is -0.275. The zero-order valence-corrected chi connectivity index (χ0v) is 15.3. The van der Waals surface area contributed by atoms with E-state index in [9.17, 15) is 27.2 Å². The molecule has 1 aromatic carbocycles. The van der Waals surface area contributed by atoms with Gasteiger partial charge in [0.05, 0.1) is 5.56 Å². The van der Waals surface area contributed by atoms with Crippen molar-refractivity contribution in [1.82, 2.24) is 15.3 Å². The van der Waals surface area contributed by atoms with E-state index in [-0.39, 0.29) is 24.1 Å². The zero-order valence-electron chi connectivity index (χ0n) is 15.3. The molecule has 30 heavy (non-hydrogen) atoms. The summed E-state index contributed by atoms with van der Waals surface area (Å²) in [6, 6.07) is 8.98. The highest BCUT2D eigenvalue weighted by Crippen LogP contribution is 2.30. The molecule has 10 heteroatoms. The van der Waals surface area contributed by atoms with Crippen LogP contribution in [-0.2, 0) is 6.42 Å². The van der Waals surface area contributed by atoms with Crippen molar-refractivity contribution >= 4 is 5.91 Å². The average Bonchev–Trinajstić information content (AvgIpc) is 2.69. The molecule has 156 valence electrons. The first kappa shape index (κ1) is 21.0. The minimum atomic E-state index is -4.99. The van der Waals surface area contributed by atoms with Crippen LogP contribution in [-0.4, -0.2) is 28.8 Å². The van der Waals surface area contributed by atoms with Gasteiger partial charge in [-0.25, -0.2) is 4.39 Å². The number of amides is 1. The molecule has 2 aromatic heterocycles. The van der Waals surface area contributed by atoms with Gasteiger partial charge in [-0.15, -0.1) is 13.2 Å². The fourth-order valence-electron chi connectivity index (χ4n) is 2.72. The number of halogens is 4. The van der Waals surface area contributed by atoms with Crippen LogP contribution in [0.2, 0.25) is 0 Å². The summed E-state index contributed by atoms with van der Waals surface area (Å²) in [5, 5.41) is 2.67. The third-order valence-corrected chi connectivity index (χ3v) is 4.05. The van der Waals surface area contributed by atoms with Gasteiger partial charge >= 0.3 is 6.36 Å². The van der Waals surface area contributed by atoms with Gasteiger partial charge in [0.25, 0.3) is 5.91 Å². The van der Waals surface area contributed by atoms with E-state index >= 15 is 0 Å². The Kier molecular flexibility index (Phi) is 6.14. The quantitative estimate of drug-likeness (QED) is 0.598. The molecular weight excluding hydrogens is 406 g/mol. The first-order valence-electron chi connectivity index (χ1n) is 8.69. The Morgan fingerprint density at radius 1 is 1.17 bits per heavy atom. The molecule has 6 nitrogen and oxygen atoms in total. The van der Waals surface area contributed by atoms with Gasteiger partial charge in [0.2, 0.25) is 5.56 Å². The highest BCUT2D eigenvalue weighted by Gasteiger charge is 2.32. The van der Waals surface area contributed by atoms with E-state index < -0.39 is 23.8 Å². The van der Waals surface area contributed by atoms with Gasteiger partial charge in [0.1, 0.15) is 0 Å². The number of nitrogens with one attached hydrogen (secondary N) is 2. The zero-order chi connectivity index (χ0) is 21.7. The number of hydrogen-bond donors (Lipinski definition) is 2. The maximum Gasteiger partial charge on any atom is 0.573 e. The van der Waals surface area contributed by atoms with Gasteiger partial charge in [0.15, 0.2) is 11.6 Å². The molecule has 0 bridgehead atoms. The van der Waals surface area contributed by atoms with Gasteiger partial charge in [-0.1, -0.05) is 12.1 Å². The molecule has 0 fully saturated rings. The summed E-state index contributed by atoms with van der Waals surface area (Å²) in [5.74, 6) is -2.49. The number of ether oxygens (including phenoxy) is 1. The largest absolute Gasteiger partial charge is 0.573 e. The second-order valence-corrected chi connectivity index (χ2v) is 6.14. The molecule has 2 heterocycles. The molecule has 0 aliphatic rings. The lowest BCUT2D eigenvalue weighted by atomic mass is 10.0. The molecule has 0 radical (unpaired) electrons. The van der Waals surface area contributed by atoms with Crippen molar-refractivity contribution in [3.05, 3.63) is 82.3 Å². The number of rotatable bonds is 6. The number of aromatic amines is 1. The number of H-pyrrole nitrogens is 1. The first-order chi connectivity index (χ1) is 14.2. The number of hydrogen-bond acceptors (Lipinski definition) is 4. The first-order valence-corrected chi connectivity index (χ1v) is 8.69. The number of carbonyl (C=O) groups is 1. The van der Waals surface area contributed by atoms with Gasteiger partial charge < -0.3 is 15.0 Å². The third kappa shape index (κ3) is 5.43. The standard InChI is InChI=1S/C20H15F4N3O3/c21-15-10-12(3-5-17(15)30-20(22,23)24)14-2-1-8-25-16(14)7-9-26-19(29)13-4-6-18(28)27-11-13/h1-6,8,10-11H,7,9H2,(H,26,29)(H,27,28). The SMILES string of the molecule is O=C(NCCc1ncccc1-c1ccc(OC(F)(F)F)c(F)c1)c1ccc(=O)[nH]c1. The minimum absolute atomic E-state index is 0.194. The summed E-state index contributed by atoms with van der Waals surface area (Å²) in [7, 11) is 0. The van der Waals surface area contributed by atoms with E-state index in [1.165, 1.54) is 30.6 Å². The van der Waals surface area contributed by atoms with Crippen LogP contribution in [0, 0.1) is 5.82 Å². The van der Waals surface area contributed by atoms with Crippen LogP contribution in [0.15, 0.2) is 59.7 Å². The minimum Gasteiger partial charge on any atom is -0.403 e. The Hall–Kier alpha value is -3.69. The Labute approximate surface area is 167 Å². The topological polar surface area (TPSA) is 84.1 Å². The fourth-order valence-corrected chi connectivity index (χ4v) is 2.72. The van der Waals surface area contributed by atoms with E-state index in [2.05, 4.69) is 20.0 Å². The number of nitrogens with zero attached hydrogens (tertiary/aromatic N) is 1. The summed E-state index contributed by atoms with van der Waals surface area (Å²) < 4.78 is 54.6. The number of pyridine rings is 2. The molecular formula is C20H15F4N3O3. The van der Waals surface area contributed by atoms with Gasteiger partial charge in [-0.05, 0) is 29.8 Å². The monoisotopic (exact) mass is 421 g/mol. The highest BCUT2D eigenvalue weighted by atomic mass is 19.4. The Morgan fingerprint density at radius 2 is 1.97 bits per heavy atom. The van der Waals surface area contributed by atoms with Gasteiger partial charge in [0, 0.05) is 42.7 Å². The molecule has 0 unspecified atom stereocenters. The van der Waals surface area contributed by atoms with Crippen LogP contribution >= 0.6 is 0 Å². The molecule has 0 aliphatic carbocycles. The molecule has 1 amide bonds. The maximum absolute atomic E-state index is 14.0. The van der Waals surface area contributed by atoms with Crippen molar-refractivity contribution < 1.29 is 27.1 Å². The summed E-state index contributed by atoms with van der Waals surface area (Å²) in [5.41, 5.74) is 1.29. The molecule has 3 aromatic rings.